The van der Waals surface area contributed by atoms with E-state index in [9.17, 15) is 0 Å². The van der Waals surface area contributed by atoms with E-state index >= 15 is 0 Å². The molecule has 0 amide bonds. The van der Waals surface area contributed by atoms with Crippen molar-refractivity contribution < 1.29 is 0 Å². The molecule has 1 aromatic rings. The van der Waals surface area contributed by atoms with Crippen molar-refractivity contribution in [2.45, 2.75) is 41.9 Å². The average Bonchev–Trinajstić information content (AvgIpc) is 2.83. The lowest BCUT2D eigenvalue weighted by Gasteiger charge is -2.26. The third-order valence-electron chi connectivity index (χ3n) is 4.34. The Hall–Kier alpha value is -0.180. The molecule has 1 aromatic carbocycles. The molecule has 1 nitrogen and oxygen atoms in total. The van der Waals surface area contributed by atoms with E-state index in [0.29, 0.717) is 11.3 Å². The molecular formula is C16H22ClNS. The normalized spacial score (nSPS) is 30.3. The lowest BCUT2D eigenvalue weighted by Crippen LogP contribution is -2.30. The topological polar surface area (TPSA) is 12.0 Å². The van der Waals surface area contributed by atoms with Crippen molar-refractivity contribution in [3.05, 3.63) is 29.8 Å². The quantitative estimate of drug-likeness (QED) is 0.833. The first kappa shape index (κ1) is 13.8. The Bertz CT molecular complexity index is 423. The number of fused-ring (bicyclic) bond motifs is 1. The zero-order valence-electron chi connectivity index (χ0n) is 11.3. The second-order valence-corrected chi connectivity index (χ2v) is 7.51. The Balaban J connectivity index is 1.46. The Labute approximate surface area is 125 Å². The van der Waals surface area contributed by atoms with E-state index in [1.54, 1.807) is 5.56 Å². The standard InChI is InChI=1S/C16H22ClNS/c17-14-5-3-4-12(8-14)9-18-10-13-11-19-16-7-2-1-6-15(13)16/h1-2,6-7,12-14,18H,3-5,8-11H2. The first-order valence-corrected chi connectivity index (χ1v) is 8.81. The number of hydrogen-bond acceptors (Lipinski definition) is 2. The number of hydrogen-bond donors (Lipinski definition) is 1. The van der Waals surface area contributed by atoms with Crippen molar-refractivity contribution in [3.63, 3.8) is 0 Å². The van der Waals surface area contributed by atoms with Gasteiger partial charge in [-0.2, -0.15) is 0 Å². The summed E-state index contributed by atoms with van der Waals surface area (Å²) in [5.41, 5.74) is 1.54. The van der Waals surface area contributed by atoms with Gasteiger partial charge in [-0.05, 0) is 43.4 Å². The van der Waals surface area contributed by atoms with Crippen LogP contribution in [0.4, 0.5) is 0 Å². The molecule has 0 bridgehead atoms. The second kappa shape index (κ2) is 6.51. The molecule has 19 heavy (non-hydrogen) atoms. The maximum atomic E-state index is 6.25. The summed E-state index contributed by atoms with van der Waals surface area (Å²) in [5.74, 6) is 2.71. The summed E-state index contributed by atoms with van der Waals surface area (Å²) in [6, 6.07) is 8.84. The number of alkyl halides is 1. The van der Waals surface area contributed by atoms with E-state index in [0.717, 1.165) is 19.0 Å². The lowest BCUT2D eigenvalue weighted by molar-refractivity contribution is 0.345. The summed E-state index contributed by atoms with van der Waals surface area (Å²) in [5, 5.41) is 4.11. The highest BCUT2D eigenvalue weighted by Crippen LogP contribution is 2.38. The molecule has 2 aliphatic rings. The molecule has 3 heteroatoms. The van der Waals surface area contributed by atoms with E-state index in [1.807, 2.05) is 11.8 Å². The summed E-state index contributed by atoms with van der Waals surface area (Å²) in [6.07, 6.45) is 5.07. The van der Waals surface area contributed by atoms with Crippen LogP contribution in [-0.4, -0.2) is 24.2 Å². The molecule has 1 aliphatic heterocycles. The highest BCUT2D eigenvalue weighted by Gasteiger charge is 2.23. The van der Waals surface area contributed by atoms with E-state index in [2.05, 4.69) is 29.6 Å². The Morgan fingerprint density at radius 2 is 2.11 bits per heavy atom. The van der Waals surface area contributed by atoms with Gasteiger partial charge in [0.2, 0.25) is 0 Å². The smallest absolute Gasteiger partial charge is 0.0339 e. The number of halogens is 1. The van der Waals surface area contributed by atoms with Crippen LogP contribution in [0.5, 0.6) is 0 Å². The van der Waals surface area contributed by atoms with Gasteiger partial charge in [-0.15, -0.1) is 23.4 Å². The van der Waals surface area contributed by atoms with E-state index < -0.39 is 0 Å². The van der Waals surface area contributed by atoms with Crippen molar-refractivity contribution in [3.8, 4) is 0 Å². The number of benzene rings is 1. The molecule has 1 heterocycles. The first-order chi connectivity index (χ1) is 9.33. The molecule has 0 saturated heterocycles. The van der Waals surface area contributed by atoms with Gasteiger partial charge in [0, 0.05) is 28.5 Å². The largest absolute Gasteiger partial charge is 0.316 e. The maximum absolute atomic E-state index is 6.25. The van der Waals surface area contributed by atoms with Gasteiger partial charge in [0.1, 0.15) is 0 Å². The molecule has 1 N–H and O–H groups in total. The van der Waals surface area contributed by atoms with Crippen LogP contribution in [0.3, 0.4) is 0 Å². The fourth-order valence-electron chi connectivity index (χ4n) is 3.27. The van der Waals surface area contributed by atoms with Crippen LogP contribution in [0, 0.1) is 5.92 Å². The molecule has 3 rings (SSSR count). The van der Waals surface area contributed by atoms with Crippen LogP contribution in [0.15, 0.2) is 29.2 Å². The minimum atomic E-state index is 0.420. The molecule has 1 aliphatic carbocycles. The van der Waals surface area contributed by atoms with Crippen molar-refractivity contribution >= 4 is 23.4 Å². The fraction of sp³-hybridized carbons (Fsp3) is 0.625. The fourth-order valence-corrected chi connectivity index (χ4v) is 4.93. The summed E-state index contributed by atoms with van der Waals surface area (Å²) in [7, 11) is 0. The van der Waals surface area contributed by atoms with Gasteiger partial charge in [-0.3, -0.25) is 0 Å². The summed E-state index contributed by atoms with van der Waals surface area (Å²) < 4.78 is 0. The second-order valence-electron chi connectivity index (χ2n) is 5.83. The van der Waals surface area contributed by atoms with Crippen molar-refractivity contribution in [1.82, 2.24) is 5.32 Å². The van der Waals surface area contributed by atoms with Gasteiger partial charge < -0.3 is 5.32 Å². The van der Waals surface area contributed by atoms with Crippen LogP contribution in [-0.2, 0) is 0 Å². The molecular weight excluding hydrogens is 274 g/mol. The van der Waals surface area contributed by atoms with E-state index in [4.69, 9.17) is 11.6 Å². The van der Waals surface area contributed by atoms with Gasteiger partial charge >= 0.3 is 0 Å². The zero-order chi connectivity index (χ0) is 13.1. The molecule has 3 unspecified atom stereocenters. The summed E-state index contributed by atoms with van der Waals surface area (Å²) in [6.45, 7) is 2.26. The third-order valence-corrected chi connectivity index (χ3v) is 5.99. The van der Waals surface area contributed by atoms with Crippen molar-refractivity contribution in [1.29, 1.82) is 0 Å². The molecule has 3 atom stereocenters. The molecule has 0 radical (unpaired) electrons. The molecule has 0 aromatic heterocycles. The Kier molecular flexibility index (Phi) is 4.73. The van der Waals surface area contributed by atoms with Crippen LogP contribution in [0.1, 0.15) is 37.2 Å². The van der Waals surface area contributed by atoms with Gasteiger partial charge in [-0.25, -0.2) is 0 Å². The van der Waals surface area contributed by atoms with Crippen LogP contribution < -0.4 is 5.32 Å². The van der Waals surface area contributed by atoms with Gasteiger partial charge in [0.15, 0.2) is 0 Å². The SMILES string of the molecule is ClC1CCCC(CNCC2CSc3ccccc32)C1. The molecule has 0 spiro atoms. The monoisotopic (exact) mass is 295 g/mol. The zero-order valence-corrected chi connectivity index (χ0v) is 12.8. The van der Waals surface area contributed by atoms with Gasteiger partial charge in [0.05, 0.1) is 0 Å². The van der Waals surface area contributed by atoms with Gasteiger partial charge in [0.25, 0.3) is 0 Å². The summed E-state index contributed by atoms with van der Waals surface area (Å²) in [4.78, 5) is 1.48. The van der Waals surface area contributed by atoms with Crippen LogP contribution in [0.25, 0.3) is 0 Å². The lowest BCUT2D eigenvalue weighted by atomic mass is 9.89. The van der Waals surface area contributed by atoms with Gasteiger partial charge in [-0.1, -0.05) is 24.6 Å². The number of nitrogens with one attached hydrogen (secondary N) is 1. The number of thioether (sulfide) groups is 1. The molecule has 1 saturated carbocycles. The predicted molar refractivity (Wildman–Crippen MR) is 84.4 cm³/mol. The third kappa shape index (κ3) is 3.48. The Morgan fingerprint density at radius 1 is 1.21 bits per heavy atom. The van der Waals surface area contributed by atoms with Crippen molar-refractivity contribution in [2.24, 2.45) is 5.92 Å². The highest BCUT2D eigenvalue weighted by atomic mass is 35.5. The van der Waals surface area contributed by atoms with Crippen LogP contribution >= 0.6 is 23.4 Å². The Morgan fingerprint density at radius 3 is 3.00 bits per heavy atom. The minimum absolute atomic E-state index is 0.420. The predicted octanol–water partition coefficient (Wildman–Crippen LogP) is 4.26. The highest BCUT2D eigenvalue weighted by molar-refractivity contribution is 7.99. The maximum Gasteiger partial charge on any atom is 0.0339 e. The van der Waals surface area contributed by atoms with E-state index in [-0.39, 0.29) is 0 Å². The minimum Gasteiger partial charge on any atom is -0.316 e. The summed E-state index contributed by atoms with van der Waals surface area (Å²) >= 11 is 8.25. The van der Waals surface area contributed by atoms with Crippen molar-refractivity contribution in [2.75, 3.05) is 18.8 Å². The van der Waals surface area contributed by atoms with Crippen LogP contribution in [0.2, 0.25) is 0 Å². The first-order valence-electron chi connectivity index (χ1n) is 7.39. The molecule has 1 fully saturated rings. The molecule has 104 valence electrons. The van der Waals surface area contributed by atoms with E-state index in [1.165, 1.54) is 36.3 Å². The average molecular weight is 296 g/mol. The number of rotatable bonds is 4.